The number of carbonyl (C=O) groups is 1. The Hall–Kier alpha value is -2.42. The molecule has 7 nitrogen and oxygen atoms in total. The first-order chi connectivity index (χ1) is 12.9. The van der Waals surface area contributed by atoms with Crippen LogP contribution in [0, 0.1) is 0 Å². The number of rotatable bonds is 5. The number of methoxy groups -OCH3 is 1. The van der Waals surface area contributed by atoms with Crippen molar-refractivity contribution >= 4 is 15.9 Å². The highest BCUT2D eigenvalue weighted by molar-refractivity contribution is 7.89. The molecule has 0 radical (unpaired) electrons. The molecule has 0 unspecified atom stereocenters. The Bertz CT molecular complexity index is 955. The van der Waals surface area contributed by atoms with Crippen LogP contribution < -0.4 is 4.74 Å². The van der Waals surface area contributed by atoms with Crippen molar-refractivity contribution in [3.8, 4) is 5.75 Å². The molecule has 27 heavy (non-hydrogen) atoms. The highest BCUT2D eigenvalue weighted by atomic mass is 32.2. The van der Waals surface area contributed by atoms with Crippen LogP contribution in [0.4, 0.5) is 0 Å². The first-order valence-corrected chi connectivity index (χ1v) is 10.0. The summed E-state index contributed by atoms with van der Waals surface area (Å²) >= 11 is 0. The summed E-state index contributed by atoms with van der Waals surface area (Å²) < 4.78 is 32.0. The minimum Gasteiger partial charge on any atom is -0.497 e. The van der Waals surface area contributed by atoms with E-state index in [-0.39, 0.29) is 30.3 Å². The number of hydrogen-bond donors (Lipinski definition) is 0. The summed E-state index contributed by atoms with van der Waals surface area (Å²) in [5.41, 5.74) is 0.195. The average Bonchev–Trinajstić information content (AvgIpc) is 2.98. The number of nitrogens with zero attached hydrogens (tertiary/aromatic N) is 2. The largest absolute Gasteiger partial charge is 0.497 e. The third-order valence-corrected chi connectivity index (χ3v) is 6.62. The van der Waals surface area contributed by atoms with Gasteiger partial charge < -0.3 is 4.74 Å². The van der Waals surface area contributed by atoms with E-state index < -0.39 is 15.6 Å². The average molecular weight is 388 g/mol. The van der Waals surface area contributed by atoms with E-state index in [1.165, 1.54) is 28.6 Å². The minimum absolute atomic E-state index is 0.128. The zero-order valence-corrected chi connectivity index (χ0v) is 15.7. The molecule has 2 aliphatic rings. The summed E-state index contributed by atoms with van der Waals surface area (Å²) in [4.78, 5) is 18.3. The number of hydrogen-bond acceptors (Lipinski definition) is 5. The molecule has 2 fully saturated rings. The number of carbonyl (C=O) groups excluding carboxylic acids is 1. The van der Waals surface area contributed by atoms with Crippen molar-refractivity contribution in [2.24, 2.45) is 0 Å². The molecule has 0 atom stereocenters. The van der Waals surface area contributed by atoms with Crippen LogP contribution in [0.25, 0.3) is 0 Å². The second-order valence-electron chi connectivity index (χ2n) is 6.82. The molecule has 2 aromatic carbocycles. The lowest BCUT2D eigenvalue weighted by Gasteiger charge is -2.44. The van der Waals surface area contributed by atoms with E-state index in [0.717, 1.165) is 5.56 Å². The summed E-state index contributed by atoms with van der Waals surface area (Å²) in [6.45, 7) is 0.664. The molecule has 0 N–H and O–H groups in total. The van der Waals surface area contributed by atoms with Crippen LogP contribution in [0.2, 0.25) is 0 Å². The van der Waals surface area contributed by atoms with Gasteiger partial charge in [0.25, 0.3) is 0 Å². The standard InChI is InChI=1S/C19H20N2O5S/c1-25-16-8-5-9-17(10-16)27(23,24)20-13-19(14-20)11-18(22)21(26-19)12-15-6-3-2-4-7-15/h2-10H,11-14H2,1H3. The molecule has 1 amide bonds. The lowest BCUT2D eigenvalue weighted by atomic mass is 9.94. The van der Waals surface area contributed by atoms with Crippen molar-refractivity contribution in [3.05, 3.63) is 60.2 Å². The van der Waals surface area contributed by atoms with Crippen molar-refractivity contribution < 1.29 is 22.8 Å². The maximum atomic E-state index is 12.8. The molecule has 2 aliphatic heterocycles. The maximum Gasteiger partial charge on any atom is 0.249 e. The lowest BCUT2D eigenvalue weighted by molar-refractivity contribution is -0.228. The highest BCUT2D eigenvalue weighted by Gasteiger charge is 2.56. The zero-order chi connectivity index (χ0) is 19.1. The molecule has 0 aliphatic carbocycles. The molecule has 0 bridgehead atoms. The number of sulfonamides is 1. The van der Waals surface area contributed by atoms with Gasteiger partial charge in [-0.25, -0.2) is 13.5 Å². The first kappa shape index (κ1) is 18.0. The van der Waals surface area contributed by atoms with Gasteiger partial charge in [0.1, 0.15) is 11.4 Å². The Kier molecular flexibility index (Phi) is 4.41. The van der Waals surface area contributed by atoms with Crippen LogP contribution in [0.3, 0.4) is 0 Å². The van der Waals surface area contributed by atoms with Crippen LogP contribution in [0.15, 0.2) is 59.5 Å². The zero-order valence-electron chi connectivity index (χ0n) is 14.9. The number of ether oxygens (including phenoxy) is 1. The second-order valence-corrected chi connectivity index (χ2v) is 8.76. The first-order valence-electron chi connectivity index (χ1n) is 8.60. The van der Waals surface area contributed by atoms with Gasteiger partial charge in [-0.05, 0) is 17.7 Å². The normalized spacial score (nSPS) is 19.3. The van der Waals surface area contributed by atoms with Crippen molar-refractivity contribution in [1.29, 1.82) is 0 Å². The van der Waals surface area contributed by atoms with Gasteiger partial charge >= 0.3 is 0 Å². The van der Waals surface area contributed by atoms with E-state index in [4.69, 9.17) is 9.57 Å². The monoisotopic (exact) mass is 388 g/mol. The van der Waals surface area contributed by atoms with Crippen LogP contribution >= 0.6 is 0 Å². The smallest absolute Gasteiger partial charge is 0.249 e. The van der Waals surface area contributed by atoms with Gasteiger partial charge in [-0.1, -0.05) is 36.4 Å². The van der Waals surface area contributed by atoms with Gasteiger partial charge in [0.15, 0.2) is 0 Å². The topological polar surface area (TPSA) is 76.2 Å². The fourth-order valence-corrected chi connectivity index (χ4v) is 5.02. The molecule has 0 saturated carbocycles. The van der Waals surface area contributed by atoms with Crippen molar-refractivity contribution in [3.63, 3.8) is 0 Å². The Morgan fingerprint density at radius 1 is 1.11 bits per heavy atom. The molecule has 4 rings (SSSR count). The van der Waals surface area contributed by atoms with Crippen molar-refractivity contribution in [2.45, 2.75) is 23.5 Å². The summed E-state index contributed by atoms with van der Waals surface area (Å²) in [5.74, 6) is 0.352. The molecule has 8 heteroatoms. The van der Waals surface area contributed by atoms with Crippen LogP contribution in [0.5, 0.6) is 5.75 Å². The lowest BCUT2D eigenvalue weighted by Crippen LogP contribution is -2.63. The van der Waals surface area contributed by atoms with E-state index in [2.05, 4.69) is 0 Å². The van der Waals surface area contributed by atoms with Crippen LogP contribution in [0.1, 0.15) is 12.0 Å². The van der Waals surface area contributed by atoms with Gasteiger partial charge in [-0.15, -0.1) is 0 Å². The van der Waals surface area contributed by atoms with Crippen LogP contribution in [-0.4, -0.2) is 49.5 Å². The SMILES string of the molecule is COc1cccc(S(=O)(=O)N2CC3(CC(=O)N(Cc4ccccc4)O3)C2)c1. The fourth-order valence-electron chi connectivity index (χ4n) is 3.40. The predicted octanol–water partition coefficient (Wildman–Crippen LogP) is 1.80. The third-order valence-electron chi connectivity index (χ3n) is 4.83. The summed E-state index contributed by atoms with van der Waals surface area (Å²) in [6, 6.07) is 15.9. The Labute approximate surface area is 158 Å². The molecule has 142 valence electrons. The van der Waals surface area contributed by atoms with Crippen molar-refractivity contribution in [1.82, 2.24) is 9.37 Å². The molecular weight excluding hydrogens is 368 g/mol. The number of amides is 1. The predicted molar refractivity (Wildman–Crippen MR) is 97.2 cm³/mol. The van der Waals surface area contributed by atoms with E-state index >= 15 is 0 Å². The van der Waals surface area contributed by atoms with Crippen LogP contribution in [-0.2, 0) is 26.2 Å². The molecular formula is C19H20N2O5S. The molecule has 2 aromatic rings. The maximum absolute atomic E-state index is 12.8. The van der Waals surface area contributed by atoms with Gasteiger partial charge in [-0.3, -0.25) is 9.63 Å². The highest BCUT2D eigenvalue weighted by Crippen LogP contribution is 2.39. The molecule has 2 heterocycles. The van der Waals surface area contributed by atoms with E-state index in [1.807, 2.05) is 30.3 Å². The van der Waals surface area contributed by atoms with E-state index in [9.17, 15) is 13.2 Å². The summed E-state index contributed by atoms with van der Waals surface area (Å²) in [6.07, 6.45) is 0.184. The Balaban J connectivity index is 1.44. The third kappa shape index (κ3) is 3.31. The Morgan fingerprint density at radius 3 is 2.56 bits per heavy atom. The fraction of sp³-hybridized carbons (Fsp3) is 0.316. The number of benzene rings is 2. The van der Waals surface area contributed by atoms with Gasteiger partial charge in [0.2, 0.25) is 15.9 Å². The minimum atomic E-state index is -3.65. The van der Waals surface area contributed by atoms with Gasteiger partial charge in [0, 0.05) is 19.2 Å². The molecule has 0 aromatic heterocycles. The van der Waals surface area contributed by atoms with Crippen molar-refractivity contribution in [2.75, 3.05) is 20.2 Å². The van der Waals surface area contributed by atoms with Gasteiger partial charge in [0.05, 0.1) is 25.0 Å². The summed E-state index contributed by atoms with van der Waals surface area (Å²) in [7, 11) is -2.16. The van der Waals surface area contributed by atoms with E-state index in [1.54, 1.807) is 12.1 Å². The summed E-state index contributed by atoms with van der Waals surface area (Å²) in [5, 5.41) is 1.34. The Morgan fingerprint density at radius 2 is 1.85 bits per heavy atom. The molecule has 1 spiro atoms. The second kappa shape index (κ2) is 6.63. The van der Waals surface area contributed by atoms with E-state index in [0.29, 0.717) is 12.3 Å². The number of hydroxylamine groups is 2. The molecule has 2 saturated heterocycles. The van der Waals surface area contributed by atoms with Gasteiger partial charge in [-0.2, -0.15) is 4.31 Å². The quantitative estimate of drug-likeness (QED) is 0.781.